The maximum atomic E-state index is 10.9. The number of carbonyl (C=O) groups is 2. The predicted molar refractivity (Wildman–Crippen MR) is 133 cm³/mol. The molecule has 0 unspecified atom stereocenters. The number of aliphatic carboxylic acids is 1. The molecule has 0 aliphatic rings. The van der Waals surface area contributed by atoms with E-state index in [1.54, 1.807) is 5.48 Å². The van der Waals surface area contributed by atoms with Crippen LogP contribution in [0.3, 0.4) is 0 Å². The van der Waals surface area contributed by atoms with E-state index in [1.165, 1.54) is 122 Å². The van der Waals surface area contributed by atoms with Crippen LogP contribution in [0.2, 0.25) is 0 Å². The third-order valence-electron chi connectivity index (χ3n) is 6.42. The normalized spacial score (nSPS) is 11.0. The number of hydrogen-bond donors (Lipinski definition) is 3. The van der Waals surface area contributed by atoms with Crippen LogP contribution >= 0.6 is 0 Å². The largest absolute Gasteiger partial charge is 0.481 e. The van der Waals surface area contributed by atoms with E-state index in [9.17, 15) is 9.59 Å². The summed E-state index contributed by atoms with van der Waals surface area (Å²) in [6.45, 7) is 0. The number of amides is 1. The molecule has 0 aliphatic heterocycles. The van der Waals surface area contributed by atoms with Crippen molar-refractivity contribution >= 4 is 11.9 Å². The molecule has 32 heavy (non-hydrogen) atoms. The first-order valence-electron chi connectivity index (χ1n) is 13.8. The molecule has 0 atom stereocenters. The Bertz CT molecular complexity index is 414. The van der Waals surface area contributed by atoms with Gasteiger partial charge in [0, 0.05) is 12.8 Å². The molecule has 1 amide bonds. The van der Waals surface area contributed by atoms with Crippen LogP contribution in [-0.4, -0.2) is 22.2 Å². The second kappa shape index (κ2) is 26.2. The molecule has 0 bridgehead atoms. The van der Waals surface area contributed by atoms with Crippen LogP contribution in [0, 0.1) is 0 Å². The molecule has 0 spiro atoms. The molecule has 5 nitrogen and oxygen atoms in total. The van der Waals surface area contributed by atoms with Crippen molar-refractivity contribution in [3.63, 3.8) is 0 Å². The van der Waals surface area contributed by atoms with Crippen LogP contribution in [-0.2, 0) is 9.59 Å². The summed E-state index contributed by atoms with van der Waals surface area (Å²) in [6, 6.07) is 0. The van der Waals surface area contributed by atoms with Crippen molar-refractivity contribution in [1.82, 2.24) is 5.48 Å². The minimum Gasteiger partial charge on any atom is -0.481 e. The molecule has 0 aromatic heterocycles. The lowest BCUT2D eigenvalue weighted by Crippen LogP contribution is -2.17. The summed E-state index contributed by atoms with van der Waals surface area (Å²) in [5.41, 5.74) is 1.68. The summed E-state index contributed by atoms with van der Waals surface area (Å²) in [5, 5.41) is 17.0. The quantitative estimate of drug-likeness (QED) is 0.0695. The average Bonchev–Trinajstić information content (AvgIpc) is 2.78. The predicted octanol–water partition coefficient (Wildman–Crippen LogP) is 8.33. The monoisotopic (exact) mass is 455 g/mol. The number of hydrogen-bond acceptors (Lipinski definition) is 3. The zero-order valence-electron chi connectivity index (χ0n) is 20.9. The number of rotatable bonds is 26. The topological polar surface area (TPSA) is 86.6 Å². The zero-order chi connectivity index (χ0) is 23.5. The number of nitrogens with one attached hydrogen (secondary N) is 1. The first kappa shape index (κ1) is 30.9. The second-order valence-corrected chi connectivity index (χ2v) is 9.56. The Morgan fingerprint density at radius 3 is 0.844 bits per heavy atom. The Balaban J connectivity index is 3.04. The van der Waals surface area contributed by atoms with Gasteiger partial charge in [0.25, 0.3) is 0 Å². The molecular weight excluding hydrogens is 402 g/mol. The lowest BCUT2D eigenvalue weighted by atomic mass is 10.0. The Hall–Kier alpha value is -1.10. The van der Waals surface area contributed by atoms with Gasteiger partial charge < -0.3 is 5.11 Å². The fourth-order valence-corrected chi connectivity index (χ4v) is 4.33. The van der Waals surface area contributed by atoms with Gasteiger partial charge in [-0.1, -0.05) is 135 Å². The Labute approximate surface area is 198 Å². The van der Waals surface area contributed by atoms with Crippen molar-refractivity contribution in [2.75, 3.05) is 0 Å². The highest BCUT2D eigenvalue weighted by molar-refractivity contribution is 5.74. The van der Waals surface area contributed by atoms with Gasteiger partial charge in [-0.25, -0.2) is 5.48 Å². The summed E-state index contributed by atoms with van der Waals surface area (Å²) in [7, 11) is 0. The molecule has 0 aromatic rings. The van der Waals surface area contributed by atoms with E-state index in [4.69, 9.17) is 10.3 Å². The van der Waals surface area contributed by atoms with Gasteiger partial charge >= 0.3 is 5.97 Å². The summed E-state index contributed by atoms with van der Waals surface area (Å²) in [4.78, 5) is 21.3. The van der Waals surface area contributed by atoms with Crippen LogP contribution in [0.5, 0.6) is 0 Å². The smallest absolute Gasteiger partial charge is 0.303 e. The lowest BCUT2D eigenvalue weighted by molar-refractivity contribution is -0.137. The van der Waals surface area contributed by atoms with Crippen molar-refractivity contribution in [2.24, 2.45) is 0 Å². The van der Waals surface area contributed by atoms with Crippen LogP contribution < -0.4 is 5.48 Å². The molecule has 190 valence electrons. The van der Waals surface area contributed by atoms with Crippen LogP contribution in [0.1, 0.15) is 161 Å². The Morgan fingerprint density at radius 1 is 0.406 bits per heavy atom. The summed E-state index contributed by atoms with van der Waals surface area (Å²) in [6.07, 6.45) is 30.3. The van der Waals surface area contributed by atoms with E-state index in [0.717, 1.165) is 25.7 Å². The average molecular weight is 456 g/mol. The molecule has 0 saturated carbocycles. The zero-order valence-corrected chi connectivity index (χ0v) is 20.9. The summed E-state index contributed by atoms with van der Waals surface area (Å²) < 4.78 is 0. The van der Waals surface area contributed by atoms with Gasteiger partial charge in [0.1, 0.15) is 0 Å². The van der Waals surface area contributed by atoms with Crippen LogP contribution in [0.15, 0.2) is 0 Å². The van der Waals surface area contributed by atoms with Crippen molar-refractivity contribution in [3.8, 4) is 0 Å². The van der Waals surface area contributed by atoms with Gasteiger partial charge in [-0.05, 0) is 12.8 Å². The molecule has 0 heterocycles. The number of unbranched alkanes of at least 4 members (excludes halogenated alkanes) is 22. The van der Waals surface area contributed by atoms with E-state index in [2.05, 4.69) is 0 Å². The minimum atomic E-state index is -0.662. The number of hydroxylamine groups is 1. The van der Waals surface area contributed by atoms with Gasteiger partial charge in [-0.2, -0.15) is 0 Å². The first-order chi connectivity index (χ1) is 15.7. The van der Waals surface area contributed by atoms with E-state index in [0.29, 0.717) is 12.8 Å². The molecule has 3 N–H and O–H groups in total. The maximum Gasteiger partial charge on any atom is 0.303 e. The summed E-state index contributed by atoms with van der Waals surface area (Å²) in [5.74, 6) is -0.929. The van der Waals surface area contributed by atoms with Gasteiger partial charge in [0.15, 0.2) is 0 Å². The molecular formula is C27H53NO4. The SMILES string of the molecule is O=C(O)CCCCCCCCCCCCCCCCCCCCCCCCCC(=O)NO. The van der Waals surface area contributed by atoms with Gasteiger partial charge in [0.05, 0.1) is 0 Å². The number of carboxylic acid groups (broad SMARTS) is 1. The van der Waals surface area contributed by atoms with Crippen LogP contribution in [0.25, 0.3) is 0 Å². The molecule has 0 radical (unpaired) electrons. The molecule has 5 heteroatoms. The van der Waals surface area contributed by atoms with E-state index >= 15 is 0 Å². The summed E-state index contributed by atoms with van der Waals surface area (Å²) >= 11 is 0. The van der Waals surface area contributed by atoms with Crippen molar-refractivity contribution in [3.05, 3.63) is 0 Å². The van der Waals surface area contributed by atoms with Gasteiger partial charge in [0.2, 0.25) is 5.91 Å². The maximum absolute atomic E-state index is 10.9. The minimum absolute atomic E-state index is 0.268. The van der Waals surface area contributed by atoms with Gasteiger partial charge in [-0.3, -0.25) is 14.8 Å². The van der Waals surface area contributed by atoms with E-state index in [-0.39, 0.29) is 5.91 Å². The van der Waals surface area contributed by atoms with Crippen molar-refractivity contribution < 1.29 is 19.9 Å². The van der Waals surface area contributed by atoms with E-state index in [1.807, 2.05) is 0 Å². The molecule has 0 aromatic carbocycles. The van der Waals surface area contributed by atoms with E-state index < -0.39 is 5.97 Å². The highest BCUT2D eigenvalue weighted by atomic mass is 16.5. The number of carbonyl (C=O) groups excluding carboxylic acids is 1. The Morgan fingerprint density at radius 2 is 0.625 bits per heavy atom. The number of carboxylic acids is 1. The standard InChI is InChI=1S/C27H53NO4/c29-26(28-32)24-22-20-18-16-14-12-10-8-6-4-2-1-3-5-7-9-11-13-15-17-19-21-23-25-27(30)31/h32H,1-25H2,(H,28,29)(H,30,31). The highest BCUT2D eigenvalue weighted by Gasteiger charge is 1.99. The van der Waals surface area contributed by atoms with Crippen molar-refractivity contribution in [1.29, 1.82) is 0 Å². The fraction of sp³-hybridized carbons (Fsp3) is 0.926. The molecule has 0 rings (SSSR count). The molecule has 0 saturated heterocycles. The lowest BCUT2D eigenvalue weighted by Gasteiger charge is -2.04. The third kappa shape index (κ3) is 26.9. The van der Waals surface area contributed by atoms with Crippen LogP contribution in [0.4, 0.5) is 0 Å². The first-order valence-corrected chi connectivity index (χ1v) is 13.8. The third-order valence-corrected chi connectivity index (χ3v) is 6.42. The second-order valence-electron chi connectivity index (χ2n) is 9.56. The fourth-order valence-electron chi connectivity index (χ4n) is 4.33. The highest BCUT2D eigenvalue weighted by Crippen LogP contribution is 2.15. The molecule has 0 fully saturated rings. The van der Waals surface area contributed by atoms with Gasteiger partial charge in [-0.15, -0.1) is 0 Å². The molecule has 0 aliphatic carbocycles. The van der Waals surface area contributed by atoms with Crippen molar-refractivity contribution in [2.45, 2.75) is 161 Å². The Kier molecular flexibility index (Phi) is 25.3.